The smallest absolute Gasteiger partial charge is 0.0270 e. The van der Waals surface area contributed by atoms with E-state index >= 15 is 0 Å². The molecule has 0 saturated heterocycles. The highest BCUT2D eigenvalue weighted by atomic mass is 14.6. The van der Waals surface area contributed by atoms with Crippen molar-refractivity contribution in [3.63, 3.8) is 0 Å². The van der Waals surface area contributed by atoms with Crippen molar-refractivity contribution in [2.75, 3.05) is 6.54 Å². The van der Waals surface area contributed by atoms with Gasteiger partial charge in [0, 0.05) is 24.4 Å². The topological polar surface area (TPSA) is 38.9 Å². The van der Waals surface area contributed by atoms with E-state index in [2.05, 4.69) is 18.8 Å². The molecule has 0 radical (unpaired) electrons. The molecule has 11 heavy (non-hydrogen) atoms. The Kier molecular flexibility index (Phi) is 2.25. The fourth-order valence-corrected chi connectivity index (χ4v) is 0.921. The monoisotopic (exact) mass is 150 g/mol. The van der Waals surface area contributed by atoms with Crippen LogP contribution in [0.1, 0.15) is 19.4 Å². The molecule has 1 aromatic rings. The molecule has 1 heterocycles. The summed E-state index contributed by atoms with van der Waals surface area (Å²) in [6.07, 6.45) is 3.60. The number of rotatable bonds is 2. The van der Waals surface area contributed by atoms with Gasteiger partial charge in [0.15, 0.2) is 0 Å². The number of hydrogen-bond acceptors (Lipinski definition) is 2. The number of nitrogens with two attached hydrogens (primary N) is 1. The predicted molar refractivity (Wildman–Crippen MR) is 46.3 cm³/mol. The molecule has 0 aromatic carbocycles. The van der Waals surface area contributed by atoms with E-state index in [1.807, 2.05) is 12.1 Å². The van der Waals surface area contributed by atoms with Crippen molar-refractivity contribution in [1.82, 2.24) is 4.98 Å². The first-order valence-corrected chi connectivity index (χ1v) is 3.77. The van der Waals surface area contributed by atoms with Crippen molar-refractivity contribution in [2.45, 2.75) is 19.3 Å². The zero-order chi connectivity index (χ0) is 8.32. The molecular formula is C9H14N2. The van der Waals surface area contributed by atoms with Crippen molar-refractivity contribution in [1.29, 1.82) is 0 Å². The second-order valence-corrected chi connectivity index (χ2v) is 3.32. The maximum absolute atomic E-state index is 5.62. The van der Waals surface area contributed by atoms with Gasteiger partial charge in [0.25, 0.3) is 0 Å². The zero-order valence-electron chi connectivity index (χ0n) is 7.04. The lowest BCUT2D eigenvalue weighted by molar-refractivity contribution is 0.538. The van der Waals surface area contributed by atoms with Crippen LogP contribution in [-0.2, 0) is 5.41 Å². The molecule has 0 aliphatic heterocycles. The summed E-state index contributed by atoms with van der Waals surface area (Å²) in [6.45, 7) is 4.92. The number of pyridine rings is 1. The quantitative estimate of drug-likeness (QED) is 0.690. The van der Waals surface area contributed by atoms with Crippen LogP contribution in [-0.4, -0.2) is 11.5 Å². The van der Waals surface area contributed by atoms with Crippen molar-refractivity contribution in [3.8, 4) is 0 Å². The first-order valence-electron chi connectivity index (χ1n) is 3.77. The fraction of sp³-hybridized carbons (Fsp3) is 0.444. The third-order valence-corrected chi connectivity index (χ3v) is 1.97. The molecule has 60 valence electrons. The number of aromatic nitrogens is 1. The molecule has 2 N–H and O–H groups in total. The van der Waals surface area contributed by atoms with E-state index in [1.54, 1.807) is 12.4 Å². The SMILES string of the molecule is CC(C)(CN)c1ccncc1. The molecule has 0 saturated carbocycles. The minimum atomic E-state index is 0.0724. The zero-order valence-corrected chi connectivity index (χ0v) is 7.04. The van der Waals surface area contributed by atoms with Crippen molar-refractivity contribution in [2.24, 2.45) is 5.73 Å². The maximum Gasteiger partial charge on any atom is 0.0270 e. The Balaban J connectivity index is 2.93. The van der Waals surface area contributed by atoms with E-state index in [0.717, 1.165) is 0 Å². The molecule has 0 amide bonds. The van der Waals surface area contributed by atoms with E-state index < -0.39 is 0 Å². The molecule has 2 nitrogen and oxygen atoms in total. The summed E-state index contributed by atoms with van der Waals surface area (Å²) in [4.78, 5) is 3.95. The molecule has 0 aliphatic carbocycles. The Bertz CT molecular complexity index is 216. The largest absolute Gasteiger partial charge is 0.330 e. The molecule has 0 unspecified atom stereocenters. The van der Waals surface area contributed by atoms with Crippen LogP contribution in [0.25, 0.3) is 0 Å². The summed E-state index contributed by atoms with van der Waals surface area (Å²) in [6, 6.07) is 4.01. The molecule has 0 bridgehead atoms. The maximum atomic E-state index is 5.62. The summed E-state index contributed by atoms with van der Waals surface area (Å²) >= 11 is 0. The third kappa shape index (κ3) is 1.77. The van der Waals surface area contributed by atoms with Crippen molar-refractivity contribution in [3.05, 3.63) is 30.1 Å². The van der Waals surface area contributed by atoms with Crippen molar-refractivity contribution >= 4 is 0 Å². The van der Waals surface area contributed by atoms with Gasteiger partial charge in [-0.15, -0.1) is 0 Å². The molecular weight excluding hydrogens is 136 g/mol. The Morgan fingerprint density at radius 3 is 2.36 bits per heavy atom. The van der Waals surface area contributed by atoms with Gasteiger partial charge >= 0.3 is 0 Å². The van der Waals surface area contributed by atoms with Gasteiger partial charge in [0.1, 0.15) is 0 Å². The Labute approximate surface area is 67.5 Å². The standard InChI is InChI=1S/C9H14N2/c1-9(2,7-10)8-3-5-11-6-4-8/h3-6H,7,10H2,1-2H3. The van der Waals surface area contributed by atoms with Gasteiger partial charge in [0.2, 0.25) is 0 Å². The van der Waals surface area contributed by atoms with Crippen LogP contribution in [0.4, 0.5) is 0 Å². The fourth-order valence-electron chi connectivity index (χ4n) is 0.921. The molecule has 0 aliphatic rings. The normalized spacial score (nSPS) is 11.5. The second kappa shape index (κ2) is 3.01. The number of hydrogen-bond donors (Lipinski definition) is 1. The molecule has 2 heteroatoms. The van der Waals surface area contributed by atoms with E-state index in [1.165, 1.54) is 5.56 Å². The highest BCUT2D eigenvalue weighted by Crippen LogP contribution is 2.19. The third-order valence-electron chi connectivity index (χ3n) is 1.97. The minimum Gasteiger partial charge on any atom is -0.330 e. The van der Waals surface area contributed by atoms with E-state index in [4.69, 9.17) is 5.73 Å². The molecule has 1 rings (SSSR count). The van der Waals surface area contributed by atoms with Gasteiger partial charge in [-0.3, -0.25) is 4.98 Å². The van der Waals surface area contributed by atoms with Crippen LogP contribution in [0.3, 0.4) is 0 Å². The number of nitrogens with zero attached hydrogens (tertiary/aromatic N) is 1. The van der Waals surface area contributed by atoms with Crippen LogP contribution in [0.15, 0.2) is 24.5 Å². The average Bonchev–Trinajstić information content (AvgIpc) is 2.06. The highest BCUT2D eigenvalue weighted by Gasteiger charge is 2.17. The van der Waals surface area contributed by atoms with E-state index in [9.17, 15) is 0 Å². The summed E-state index contributed by atoms with van der Waals surface area (Å²) in [5.41, 5.74) is 6.94. The highest BCUT2D eigenvalue weighted by molar-refractivity contribution is 5.20. The molecule has 0 spiro atoms. The predicted octanol–water partition coefficient (Wildman–Crippen LogP) is 1.32. The Morgan fingerprint density at radius 2 is 1.91 bits per heavy atom. The van der Waals surface area contributed by atoms with Crippen LogP contribution in [0.2, 0.25) is 0 Å². The molecule has 0 fully saturated rings. The summed E-state index contributed by atoms with van der Waals surface area (Å²) < 4.78 is 0. The van der Waals surface area contributed by atoms with Gasteiger partial charge in [0.05, 0.1) is 0 Å². The van der Waals surface area contributed by atoms with Crippen LogP contribution in [0, 0.1) is 0 Å². The first kappa shape index (κ1) is 8.21. The average molecular weight is 150 g/mol. The first-order chi connectivity index (χ1) is 5.17. The Hall–Kier alpha value is -0.890. The van der Waals surface area contributed by atoms with Gasteiger partial charge in [-0.2, -0.15) is 0 Å². The van der Waals surface area contributed by atoms with Gasteiger partial charge in [-0.05, 0) is 17.7 Å². The lowest BCUT2D eigenvalue weighted by Crippen LogP contribution is -2.27. The van der Waals surface area contributed by atoms with Gasteiger partial charge in [-0.25, -0.2) is 0 Å². The summed E-state index contributed by atoms with van der Waals surface area (Å²) in [5, 5.41) is 0. The van der Waals surface area contributed by atoms with Crippen LogP contribution in [0.5, 0.6) is 0 Å². The Morgan fingerprint density at radius 1 is 1.36 bits per heavy atom. The molecule has 0 atom stereocenters. The minimum absolute atomic E-state index is 0.0724. The van der Waals surface area contributed by atoms with Crippen LogP contribution < -0.4 is 5.73 Å². The lowest BCUT2D eigenvalue weighted by Gasteiger charge is -2.22. The van der Waals surface area contributed by atoms with E-state index in [-0.39, 0.29) is 5.41 Å². The summed E-state index contributed by atoms with van der Waals surface area (Å²) in [5.74, 6) is 0. The van der Waals surface area contributed by atoms with Crippen molar-refractivity contribution < 1.29 is 0 Å². The molecule has 1 aromatic heterocycles. The lowest BCUT2D eigenvalue weighted by atomic mass is 9.86. The van der Waals surface area contributed by atoms with Gasteiger partial charge < -0.3 is 5.73 Å². The second-order valence-electron chi connectivity index (χ2n) is 3.32. The van der Waals surface area contributed by atoms with Crippen LogP contribution >= 0.6 is 0 Å². The van der Waals surface area contributed by atoms with E-state index in [0.29, 0.717) is 6.54 Å². The van der Waals surface area contributed by atoms with Gasteiger partial charge in [-0.1, -0.05) is 13.8 Å². The summed E-state index contributed by atoms with van der Waals surface area (Å²) in [7, 11) is 0.